The molecule has 2 aromatic carbocycles. The number of piperidine rings is 1. The second-order valence-corrected chi connectivity index (χ2v) is 8.87. The Morgan fingerprint density at radius 1 is 1.23 bits per heavy atom. The molecule has 2 aromatic rings. The second kappa shape index (κ2) is 8.75. The molecular weight excluding hydrogens is 402 g/mol. The van der Waals surface area contributed by atoms with Gasteiger partial charge in [-0.15, -0.1) is 0 Å². The molecule has 2 N–H and O–H groups in total. The van der Waals surface area contributed by atoms with Crippen LogP contribution in [0.5, 0.6) is 11.5 Å². The minimum Gasteiger partial charge on any atom is -0.494 e. The van der Waals surface area contributed by atoms with Crippen molar-refractivity contribution in [3.05, 3.63) is 58.1 Å². The molecule has 4 rings (SSSR count). The van der Waals surface area contributed by atoms with Gasteiger partial charge in [-0.05, 0) is 62.1 Å². The minimum absolute atomic E-state index is 0.354. The first-order valence-corrected chi connectivity index (χ1v) is 11.1. The molecule has 0 radical (unpaired) electrons. The van der Waals surface area contributed by atoms with Gasteiger partial charge in [-0.1, -0.05) is 23.7 Å². The van der Waals surface area contributed by atoms with E-state index >= 15 is 0 Å². The topological polar surface area (TPSA) is 62.2 Å². The van der Waals surface area contributed by atoms with Gasteiger partial charge in [-0.3, -0.25) is 0 Å². The fourth-order valence-electron chi connectivity index (χ4n) is 4.51. The van der Waals surface area contributed by atoms with Crippen molar-refractivity contribution in [3.63, 3.8) is 0 Å². The van der Waals surface area contributed by atoms with E-state index < -0.39 is 12.2 Å². The quantitative estimate of drug-likeness (QED) is 0.733. The van der Waals surface area contributed by atoms with Crippen molar-refractivity contribution in [1.29, 1.82) is 0 Å². The second-order valence-electron chi connectivity index (χ2n) is 8.46. The van der Waals surface area contributed by atoms with Crippen molar-refractivity contribution in [3.8, 4) is 11.5 Å². The SMILES string of the molecule is CCOc1ccc([C@@H](O)CN2CCC3(CC2)C[C@@H](O)c2cc(Cl)c(C)cc2O3)cc1. The minimum atomic E-state index is -0.562. The average Bonchev–Trinajstić information content (AvgIpc) is 2.72. The first-order valence-electron chi connectivity index (χ1n) is 10.7. The van der Waals surface area contributed by atoms with E-state index in [0.717, 1.165) is 54.1 Å². The lowest BCUT2D eigenvalue weighted by Gasteiger charge is -2.46. The summed E-state index contributed by atoms with van der Waals surface area (Å²) < 4.78 is 11.9. The lowest BCUT2D eigenvalue weighted by atomic mass is 9.81. The predicted octanol–water partition coefficient (Wildman–Crippen LogP) is 4.43. The zero-order valence-electron chi connectivity index (χ0n) is 17.6. The lowest BCUT2D eigenvalue weighted by molar-refractivity contribution is -0.0588. The molecule has 0 unspecified atom stereocenters. The van der Waals surface area contributed by atoms with E-state index in [4.69, 9.17) is 21.1 Å². The molecule has 2 aliphatic rings. The van der Waals surface area contributed by atoms with Gasteiger partial charge in [0.15, 0.2) is 0 Å². The maximum atomic E-state index is 10.7. The largest absolute Gasteiger partial charge is 0.494 e. The number of likely N-dealkylation sites (tertiary alicyclic amines) is 1. The summed E-state index contributed by atoms with van der Waals surface area (Å²) in [7, 11) is 0. The highest BCUT2D eigenvalue weighted by atomic mass is 35.5. The zero-order valence-corrected chi connectivity index (χ0v) is 18.4. The smallest absolute Gasteiger partial charge is 0.126 e. The number of hydrogen-bond acceptors (Lipinski definition) is 5. The summed E-state index contributed by atoms with van der Waals surface area (Å²) >= 11 is 6.23. The zero-order chi connectivity index (χ0) is 21.3. The van der Waals surface area contributed by atoms with Crippen LogP contribution in [0, 0.1) is 6.92 Å². The summed E-state index contributed by atoms with van der Waals surface area (Å²) in [6.45, 7) is 6.76. The van der Waals surface area contributed by atoms with E-state index in [9.17, 15) is 10.2 Å². The van der Waals surface area contributed by atoms with Crippen LogP contribution in [0.1, 0.15) is 55.1 Å². The number of aliphatic hydroxyl groups is 2. The Kier molecular flexibility index (Phi) is 6.26. The highest BCUT2D eigenvalue weighted by Gasteiger charge is 2.43. The maximum Gasteiger partial charge on any atom is 0.126 e. The first-order chi connectivity index (χ1) is 14.4. The van der Waals surface area contributed by atoms with Gasteiger partial charge in [-0.2, -0.15) is 0 Å². The number of rotatable bonds is 5. The molecule has 2 atom stereocenters. The molecule has 0 amide bonds. The van der Waals surface area contributed by atoms with Crippen molar-refractivity contribution in [2.24, 2.45) is 0 Å². The van der Waals surface area contributed by atoms with Crippen LogP contribution in [0.2, 0.25) is 5.02 Å². The summed E-state index contributed by atoms with van der Waals surface area (Å²) in [6.07, 6.45) is 1.11. The van der Waals surface area contributed by atoms with Crippen LogP contribution in [0.3, 0.4) is 0 Å². The molecule has 1 spiro atoms. The molecule has 0 saturated carbocycles. The summed E-state index contributed by atoms with van der Waals surface area (Å²) in [5, 5.41) is 22.0. The van der Waals surface area contributed by atoms with Gasteiger partial charge in [0.25, 0.3) is 0 Å². The van der Waals surface area contributed by atoms with E-state index in [-0.39, 0.29) is 5.60 Å². The van der Waals surface area contributed by atoms with E-state index in [1.165, 1.54) is 0 Å². The van der Waals surface area contributed by atoms with Gasteiger partial charge < -0.3 is 24.6 Å². The highest BCUT2D eigenvalue weighted by Crippen LogP contribution is 2.45. The number of benzene rings is 2. The molecule has 6 heteroatoms. The number of aliphatic hydroxyl groups excluding tert-OH is 2. The highest BCUT2D eigenvalue weighted by molar-refractivity contribution is 6.31. The van der Waals surface area contributed by atoms with Crippen molar-refractivity contribution in [2.45, 2.75) is 50.9 Å². The number of ether oxygens (including phenoxy) is 2. The Morgan fingerprint density at radius 2 is 1.93 bits per heavy atom. The molecule has 1 fully saturated rings. The van der Waals surface area contributed by atoms with Gasteiger partial charge >= 0.3 is 0 Å². The van der Waals surface area contributed by atoms with Crippen LogP contribution >= 0.6 is 11.6 Å². The normalized spacial score (nSPS) is 21.7. The van der Waals surface area contributed by atoms with Crippen LogP contribution in [-0.2, 0) is 0 Å². The molecule has 2 aliphatic heterocycles. The molecule has 162 valence electrons. The predicted molar refractivity (Wildman–Crippen MR) is 117 cm³/mol. The van der Waals surface area contributed by atoms with Crippen molar-refractivity contribution < 1.29 is 19.7 Å². The Hall–Kier alpha value is -1.79. The average molecular weight is 432 g/mol. The van der Waals surface area contributed by atoms with Gasteiger partial charge in [0, 0.05) is 36.6 Å². The number of hydrogen-bond donors (Lipinski definition) is 2. The molecule has 2 heterocycles. The fourth-order valence-corrected chi connectivity index (χ4v) is 4.68. The third kappa shape index (κ3) is 4.45. The summed E-state index contributed by atoms with van der Waals surface area (Å²) in [4.78, 5) is 2.27. The molecule has 0 aromatic heterocycles. The summed E-state index contributed by atoms with van der Waals surface area (Å²) in [6, 6.07) is 11.4. The van der Waals surface area contributed by atoms with E-state index in [1.54, 1.807) is 0 Å². The Labute approximate surface area is 183 Å². The third-order valence-electron chi connectivity index (χ3n) is 6.32. The molecule has 0 aliphatic carbocycles. The fraction of sp³-hybridized carbons (Fsp3) is 0.500. The number of halogens is 1. The molecule has 1 saturated heterocycles. The molecular formula is C24H30ClNO4. The number of nitrogens with zero attached hydrogens (tertiary/aromatic N) is 1. The van der Waals surface area contributed by atoms with E-state index in [2.05, 4.69) is 4.90 Å². The van der Waals surface area contributed by atoms with Crippen LogP contribution in [0.25, 0.3) is 0 Å². The molecule has 30 heavy (non-hydrogen) atoms. The van der Waals surface area contributed by atoms with Crippen LogP contribution in [0.15, 0.2) is 36.4 Å². The van der Waals surface area contributed by atoms with Crippen molar-refractivity contribution in [2.75, 3.05) is 26.2 Å². The summed E-state index contributed by atoms with van der Waals surface area (Å²) in [5.41, 5.74) is 2.28. The third-order valence-corrected chi connectivity index (χ3v) is 6.72. The monoisotopic (exact) mass is 431 g/mol. The Morgan fingerprint density at radius 3 is 2.60 bits per heavy atom. The Bertz CT molecular complexity index is 878. The van der Waals surface area contributed by atoms with Crippen LogP contribution in [0.4, 0.5) is 0 Å². The standard InChI is InChI=1S/C24H30ClNO4/c1-3-29-18-6-4-17(5-7-18)22(28)15-26-10-8-24(9-11-26)14-21(27)19-13-20(25)16(2)12-23(19)30-24/h4-7,12-13,21-22,27-28H,3,8-11,14-15H2,1-2H3/t21-,22+/m1/s1. The van der Waals surface area contributed by atoms with Crippen molar-refractivity contribution in [1.82, 2.24) is 4.90 Å². The van der Waals surface area contributed by atoms with Gasteiger partial charge in [0.1, 0.15) is 17.1 Å². The maximum absolute atomic E-state index is 10.7. The van der Waals surface area contributed by atoms with Gasteiger partial charge in [0.2, 0.25) is 0 Å². The molecule has 0 bridgehead atoms. The number of fused-ring (bicyclic) bond motifs is 1. The first kappa shape index (κ1) is 21.4. The lowest BCUT2D eigenvalue weighted by Crippen LogP contribution is -2.51. The van der Waals surface area contributed by atoms with Crippen LogP contribution in [-0.4, -0.2) is 47.0 Å². The Balaban J connectivity index is 1.37. The van der Waals surface area contributed by atoms with Gasteiger partial charge in [0.05, 0.1) is 18.8 Å². The van der Waals surface area contributed by atoms with Crippen LogP contribution < -0.4 is 9.47 Å². The van der Waals surface area contributed by atoms with Crippen molar-refractivity contribution >= 4 is 11.6 Å². The number of β-amino-alcohol motifs (C(OH)–C–C–N with tert-alkyl or cyclic N) is 1. The molecule has 5 nitrogen and oxygen atoms in total. The van der Waals surface area contributed by atoms with E-state index in [0.29, 0.717) is 24.6 Å². The van der Waals surface area contributed by atoms with Gasteiger partial charge in [-0.25, -0.2) is 0 Å². The number of aryl methyl sites for hydroxylation is 1. The van der Waals surface area contributed by atoms with E-state index in [1.807, 2.05) is 50.2 Å². The summed E-state index contributed by atoms with van der Waals surface area (Å²) in [5.74, 6) is 1.57.